The molecule has 4 nitrogen and oxygen atoms in total. The second kappa shape index (κ2) is 11.5. The number of benzene rings is 7. The molecule has 0 atom stereocenters. The molecule has 0 amide bonds. The molecule has 11 rings (SSSR count). The van der Waals surface area contributed by atoms with Crippen LogP contribution in [0.2, 0.25) is 0 Å². The maximum absolute atomic E-state index is 5.63. The monoisotopic (exact) mass is 674 g/mol. The van der Waals surface area contributed by atoms with E-state index in [4.69, 9.17) is 19.9 Å². The van der Waals surface area contributed by atoms with Crippen molar-refractivity contribution in [3.8, 4) is 67.8 Å². The number of hydrogen-bond donors (Lipinski definition) is 0. The third-order valence-corrected chi connectivity index (χ3v) is 11.0. The number of aromatic nitrogens is 4. The predicted octanol–water partition coefficient (Wildman–Crippen LogP) is 11.4. The SMILES string of the molecule is c1ccc(-c2ccc(-c3nc(-c4ccccc4)nc(-c4nc5c(c6ccccc46)C4(c6ccccc6-c6ccccc64)c4ccccc4-5)n3)cc2)cc1. The van der Waals surface area contributed by atoms with E-state index in [0.29, 0.717) is 17.5 Å². The summed E-state index contributed by atoms with van der Waals surface area (Å²) in [6.07, 6.45) is 0. The first-order valence-electron chi connectivity index (χ1n) is 18.0. The molecule has 7 aromatic carbocycles. The van der Waals surface area contributed by atoms with Crippen LogP contribution in [0.15, 0.2) is 182 Å². The minimum absolute atomic E-state index is 0.510. The van der Waals surface area contributed by atoms with Crippen LogP contribution in [0.4, 0.5) is 0 Å². The fraction of sp³-hybridized carbons (Fsp3) is 0.0204. The van der Waals surface area contributed by atoms with E-state index in [1.165, 1.54) is 38.9 Å². The van der Waals surface area contributed by atoms with Crippen LogP contribution in [0.1, 0.15) is 22.3 Å². The van der Waals surface area contributed by atoms with Gasteiger partial charge in [-0.25, -0.2) is 19.9 Å². The van der Waals surface area contributed by atoms with Gasteiger partial charge in [-0.15, -0.1) is 0 Å². The number of fused-ring (bicyclic) bond motifs is 12. The van der Waals surface area contributed by atoms with E-state index in [-0.39, 0.29) is 0 Å². The third kappa shape index (κ3) is 4.30. The summed E-state index contributed by atoms with van der Waals surface area (Å²) in [5, 5.41) is 2.15. The van der Waals surface area contributed by atoms with Crippen LogP contribution in [0, 0.1) is 0 Å². The molecule has 53 heavy (non-hydrogen) atoms. The Morgan fingerprint density at radius 2 is 0.698 bits per heavy atom. The molecular weight excluding hydrogens is 645 g/mol. The molecule has 2 aliphatic carbocycles. The van der Waals surface area contributed by atoms with Crippen molar-refractivity contribution < 1.29 is 0 Å². The van der Waals surface area contributed by atoms with Gasteiger partial charge >= 0.3 is 0 Å². The molecule has 0 radical (unpaired) electrons. The molecule has 2 heterocycles. The zero-order chi connectivity index (χ0) is 34.9. The summed E-state index contributed by atoms with van der Waals surface area (Å²) < 4.78 is 0. The molecule has 0 saturated carbocycles. The largest absolute Gasteiger partial charge is 0.243 e. The van der Waals surface area contributed by atoms with Gasteiger partial charge in [0.2, 0.25) is 0 Å². The minimum Gasteiger partial charge on any atom is -0.243 e. The molecule has 0 N–H and O–H groups in total. The Kier molecular flexibility index (Phi) is 6.43. The number of pyridine rings is 1. The topological polar surface area (TPSA) is 51.6 Å². The van der Waals surface area contributed by atoms with Crippen molar-refractivity contribution in [2.75, 3.05) is 0 Å². The van der Waals surface area contributed by atoms with Crippen LogP contribution in [0.5, 0.6) is 0 Å². The van der Waals surface area contributed by atoms with Crippen LogP contribution in [0.25, 0.3) is 78.6 Å². The molecule has 9 aromatic rings. The van der Waals surface area contributed by atoms with Crippen molar-refractivity contribution in [2.24, 2.45) is 0 Å². The van der Waals surface area contributed by atoms with Gasteiger partial charge in [-0.1, -0.05) is 182 Å². The summed E-state index contributed by atoms with van der Waals surface area (Å²) in [5.74, 6) is 1.76. The first-order chi connectivity index (χ1) is 26.3. The van der Waals surface area contributed by atoms with Crippen molar-refractivity contribution in [1.29, 1.82) is 0 Å². The molecule has 4 heteroatoms. The Morgan fingerprint density at radius 1 is 0.283 bits per heavy atom. The number of nitrogens with zero attached hydrogens (tertiary/aromatic N) is 4. The number of rotatable bonds is 4. The van der Waals surface area contributed by atoms with E-state index in [0.717, 1.165) is 44.4 Å². The molecule has 2 aliphatic rings. The Hall–Kier alpha value is -7.04. The standard InChI is InChI=1S/C49H30N4/c1-3-15-31(16-4-1)32-27-29-34(30-28-32)47-51-46(33-17-5-2-6-18-33)52-48(53-47)45-38-22-8-7-21-37(38)43-44(50-45)39-23-11-14-26-42(39)49(43)40-24-12-9-19-35(40)36-20-10-13-25-41(36)49/h1-30H. The molecule has 0 aliphatic heterocycles. The summed E-state index contributed by atoms with van der Waals surface area (Å²) in [7, 11) is 0. The van der Waals surface area contributed by atoms with E-state index in [9.17, 15) is 0 Å². The van der Waals surface area contributed by atoms with Crippen molar-refractivity contribution >= 4 is 10.8 Å². The van der Waals surface area contributed by atoms with Crippen molar-refractivity contribution in [1.82, 2.24) is 19.9 Å². The summed E-state index contributed by atoms with van der Waals surface area (Å²) in [4.78, 5) is 21.1. The summed E-state index contributed by atoms with van der Waals surface area (Å²) in [6.45, 7) is 0. The van der Waals surface area contributed by atoms with Crippen LogP contribution in [0.3, 0.4) is 0 Å². The second-order valence-corrected chi connectivity index (χ2v) is 13.7. The van der Waals surface area contributed by atoms with Gasteiger partial charge in [0.1, 0.15) is 5.69 Å². The lowest BCUT2D eigenvalue weighted by Crippen LogP contribution is -2.26. The van der Waals surface area contributed by atoms with E-state index in [2.05, 4.69) is 146 Å². The first kappa shape index (κ1) is 29.7. The summed E-state index contributed by atoms with van der Waals surface area (Å²) in [5.41, 5.74) is 14.1. The van der Waals surface area contributed by atoms with Crippen LogP contribution in [-0.4, -0.2) is 19.9 Å². The summed E-state index contributed by atoms with van der Waals surface area (Å²) in [6, 6.07) is 64.2. The second-order valence-electron chi connectivity index (χ2n) is 13.7. The zero-order valence-corrected chi connectivity index (χ0v) is 28.6. The lowest BCUT2D eigenvalue weighted by molar-refractivity contribution is 0.799. The van der Waals surface area contributed by atoms with Gasteiger partial charge in [-0.3, -0.25) is 0 Å². The fourth-order valence-corrected chi connectivity index (χ4v) is 8.72. The van der Waals surface area contributed by atoms with E-state index in [1.54, 1.807) is 0 Å². The molecule has 246 valence electrons. The quantitative estimate of drug-likeness (QED) is 0.186. The highest BCUT2D eigenvalue weighted by Crippen LogP contribution is 2.63. The molecule has 0 bridgehead atoms. The third-order valence-electron chi connectivity index (χ3n) is 11.0. The lowest BCUT2D eigenvalue weighted by Gasteiger charge is -2.31. The van der Waals surface area contributed by atoms with Crippen molar-refractivity contribution in [3.63, 3.8) is 0 Å². The molecule has 0 unspecified atom stereocenters. The van der Waals surface area contributed by atoms with Gasteiger partial charge in [0.05, 0.1) is 11.1 Å². The highest BCUT2D eigenvalue weighted by molar-refractivity contribution is 6.06. The smallest absolute Gasteiger partial charge is 0.183 e. The van der Waals surface area contributed by atoms with Gasteiger partial charge in [-0.2, -0.15) is 0 Å². The van der Waals surface area contributed by atoms with Gasteiger partial charge in [-0.05, 0) is 44.3 Å². The Bertz CT molecular complexity index is 2840. The van der Waals surface area contributed by atoms with Crippen LogP contribution < -0.4 is 0 Å². The van der Waals surface area contributed by atoms with Crippen molar-refractivity contribution in [3.05, 3.63) is 204 Å². The first-order valence-corrected chi connectivity index (χ1v) is 18.0. The Balaban J connectivity index is 1.18. The van der Waals surface area contributed by atoms with Crippen LogP contribution >= 0.6 is 0 Å². The Morgan fingerprint density at radius 3 is 1.32 bits per heavy atom. The van der Waals surface area contributed by atoms with E-state index < -0.39 is 5.41 Å². The molecule has 2 aromatic heterocycles. The maximum atomic E-state index is 5.63. The average molecular weight is 675 g/mol. The molecular formula is C49H30N4. The zero-order valence-electron chi connectivity index (χ0n) is 28.6. The van der Waals surface area contributed by atoms with Gasteiger partial charge in [0, 0.05) is 27.6 Å². The van der Waals surface area contributed by atoms with Gasteiger partial charge in [0.15, 0.2) is 17.5 Å². The molecule has 0 saturated heterocycles. The van der Waals surface area contributed by atoms with Gasteiger partial charge in [0.25, 0.3) is 0 Å². The highest BCUT2D eigenvalue weighted by atomic mass is 15.0. The van der Waals surface area contributed by atoms with Crippen molar-refractivity contribution in [2.45, 2.75) is 5.41 Å². The lowest BCUT2D eigenvalue weighted by atomic mass is 9.69. The fourth-order valence-electron chi connectivity index (χ4n) is 8.72. The number of hydrogen-bond acceptors (Lipinski definition) is 4. The Labute approximate surface area is 307 Å². The maximum Gasteiger partial charge on any atom is 0.183 e. The summed E-state index contributed by atoms with van der Waals surface area (Å²) >= 11 is 0. The minimum atomic E-state index is -0.510. The van der Waals surface area contributed by atoms with Gasteiger partial charge < -0.3 is 0 Å². The predicted molar refractivity (Wildman–Crippen MR) is 213 cm³/mol. The molecule has 1 spiro atoms. The highest BCUT2D eigenvalue weighted by Gasteiger charge is 2.53. The molecule has 0 fully saturated rings. The van der Waals surface area contributed by atoms with Crippen LogP contribution in [-0.2, 0) is 5.41 Å². The van der Waals surface area contributed by atoms with E-state index in [1.807, 2.05) is 36.4 Å². The average Bonchev–Trinajstić information content (AvgIpc) is 3.71. The van der Waals surface area contributed by atoms with E-state index >= 15 is 0 Å². The normalized spacial score (nSPS) is 13.1.